The minimum Gasteiger partial charge on any atom is -0.204 e. The summed E-state index contributed by atoms with van der Waals surface area (Å²) in [6, 6.07) is 4.46. The highest BCUT2D eigenvalue weighted by molar-refractivity contribution is 5.22. The second-order valence-corrected chi connectivity index (χ2v) is 6.80. The zero-order valence-electron chi connectivity index (χ0n) is 12.7. The molecule has 4 atom stereocenters. The third-order valence-electron chi connectivity index (χ3n) is 5.53. The number of halogens is 2. The first-order valence-electron chi connectivity index (χ1n) is 8.25. The molecule has 0 amide bonds. The van der Waals surface area contributed by atoms with Crippen LogP contribution in [0.3, 0.4) is 0 Å². The molecular weight excluding hydrogens is 266 g/mol. The third kappa shape index (κ3) is 3.20. The summed E-state index contributed by atoms with van der Waals surface area (Å²) in [5.41, 5.74) is 0.989. The van der Waals surface area contributed by atoms with E-state index in [0.717, 1.165) is 36.2 Å². The highest BCUT2D eigenvalue weighted by atomic mass is 19.2. The molecule has 1 aromatic rings. The summed E-state index contributed by atoms with van der Waals surface area (Å²) in [4.78, 5) is 0. The van der Waals surface area contributed by atoms with Crippen LogP contribution in [-0.2, 0) is 0 Å². The highest BCUT2D eigenvalue weighted by Gasteiger charge is 2.35. The summed E-state index contributed by atoms with van der Waals surface area (Å²) in [6.45, 7) is 2.10. The van der Waals surface area contributed by atoms with Crippen LogP contribution in [0.5, 0.6) is 0 Å². The number of allylic oxidation sites excluding steroid dienone is 2. The van der Waals surface area contributed by atoms with Gasteiger partial charge in [-0.3, -0.25) is 0 Å². The van der Waals surface area contributed by atoms with Crippen molar-refractivity contribution in [1.82, 2.24) is 0 Å². The molecule has 4 unspecified atom stereocenters. The summed E-state index contributed by atoms with van der Waals surface area (Å²) in [5.74, 6) is 1.35. The van der Waals surface area contributed by atoms with Gasteiger partial charge in [-0.1, -0.05) is 18.2 Å². The van der Waals surface area contributed by atoms with Gasteiger partial charge in [0.1, 0.15) is 0 Å². The number of fused-ring (bicyclic) bond motifs is 1. The molecule has 0 saturated heterocycles. The molecule has 114 valence electrons. The first kappa shape index (κ1) is 14.7. The molecule has 0 spiro atoms. The van der Waals surface area contributed by atoms with E-state index in [1.807, 2.05) is 0 Å². The maximum atomic E-state index is 13.4. The molecule has 3 rings (SSSR count). The molecule has 0 aromatic heterocycles. The van der Waals surface area contributed by atoms with Crippen molar-refractivity contribution in [3.05, 3.63) is 47.5 Å². The van der Waals surface area contributed by atoms with Crippen LogP contribution in [0.25, 0.3) is 0 Å². The molecule has 2 fully saturated rings. The first-order valence-corrected chi connectivity index (χ1v) is 8.25. The molecule has 0 heterocycles. The fourth-order valence-electron chi connectivity index (χ4n) is 4.44. The summed E-state index contributed by atoms with van der Waals surface area (Å²) < 4.78 is 26.5. The maximum Gasteiger partial charge on any atom is 0.159 e. The van der Waals surface area contributed by atoms with Crippen molar-refractivity contribution >= 4 is 0 Å². The molecule has 0 aliphatic heterocycles. The van der Waals surface area contributed by atoms with Gasteiger partial charge in [-0.15, -0.1) is 0 Å². The number of hydrogen-bond acceptors (Lipinski definition) is 0. The van der Waals surface area contributed by atoms with Gasteiger partial charge >= 0.3 is 0 Å². The van der Waals surface area contributed by atoms with Crippen LogP contribution in [-0.4, -0.2) is 0 Å². The SMILES string of the molecule is C/C=C/C1CCC2CC(c3ccc(F)c(F)c3)CCC2C1. The first-order chi connectivity index (χ1) is 10.2. The Morgan fingerprint density at radius 1 is 0.952 bits per heavy atom. The van der Waals surface area contributed by atoms with Crippen molar-refractivity contribution in [3.63, 3.8) is 0 Å². The largest absolute Gasteiger partial charge is 0.204 e. The van der Waals surface area contributed by atoms with Gasteiger partial charge in [0, 0.05) is 0 Å². The predicted molar refractivity (Wildman–Crippen MR) is 82.1 cm³/mol. The third-order valence-corrected chi connectivity index (χ3v) is 5.53. The van der Waals surface area contributed by atoms with Crippen LogP contribution < -0.4 is 0 Å². The maximum absolute atomic E-state index is 13.4. The Bertz CT molecular complexity index is 520. The molecule has 21 heavy (non-hydrogen) atoms. The predicted octanol–water partition coefficient (Wildman–Crippen LogP) is 5.84. The molecule has 2 saturated carbocycles. The van der Waals surface area contributed by atoms with Crippen molar-refractivity contribution in [1.29, 1.82) is 0 Å². The van der Waals surface area contributed by atoms with Crippen LogP contribution in [0.4, 0.5) is 8.78 Å². The average Bonchev–Trinajstić information content (AvgIpc) is 2.50. The van der Waals surface area contributed by atoms with E-state index in [4.69, 9.17) is 0 Å². The van der Waals surface area contributed by atoms with E-state index in [1.54, 1.807) is 6.07 Å². The Kier molecular flexibility index (Phi) is 4.42. The second kappa shape index (κ2) is 6.29. The summed E-state index contributed by atoms with van der Waals surface area (Å²) >= 11 is 0. The smallest absolute Gasteiger partial charge is 0.159 e. The average molecular weight is 290 g/mol. The lowest BCUT2D eigenvalue weighted by atomic mass is 9.64. The molecule has 1 aromatic carbocycles. The molecule has 2 aliphatic carbocycles. The van der Waals surface area contributed by atoms with E-state index in [2.05, 4.69) is 19.1 Å². The van der Waals surface area contributed by atoms with E-state index >= 15 is 0 Å². The monoisotopic (exact) mass is 290 g/mol. The standard InChI is InChI=1S/C19H24F2/c1-2-3-13-4-5-15-11-16(7-6-14(15)10-13)17-8-9-18(20)19(21)12-17/h2-3,8-9,12-16H,4-7,10-11H2,1H3/b3-2+. The Labute approximate surface area is 126 Å². The zero-order valence-corrected chi connectivity index (χ0v) is 12.7. The van der Waals surface area contributed by atoms with Crippen LogP contribution in [0.2, 0.25) is 0 Å². The fourth-order valence-corrected chi connectivity index (χ4v) is 4.44. The molecule has 2 aliphatic rings. The molecule has 0 N–H and O–H groups in total. The molecule has 0 nitrogen and oxygen atoms in total. The summed E-state index contributed by atoms with van der Waals surface area (Å²) in [7, 11) is 0. The minimum absolute atomic E-state index is 0.416. The van der Waals surface area contributed by atoms with E-state index in [1.165, 1.54) is 37.8 Å². The van der Waals surface area contributed by atoms with Gasteiger partial charge in [-0.25, -0.2) is 8.78 Å². The van der Waals surface area contributed by atoms with Gasteiger partial charge in [0.25, 0.3) is 0 Å². The number of benzene rings is 1. The topological polar surface area (TPSA) is 0 Å². The zero-order chi connectivity index (χ0) is 14.8. The molecular formula is C19H24F2. The van der Waals surface area contributed by atoms with Crippen molar-refractivity contribution in [2.45, 2.75) is 51.4 Å². The van der Waals surface area contributed by atoms with Crippen LogP contribution in [0.15, 0.2) is 30.4 Å². The van der Waals surface area contributed by atoms with Crippen molar-refractivity contribution in [2.75, 3.05) is 0 Å². The molecule has 0 bridgehead atoms. The van der Waals surface area contributed by atoms with Crippen molar-refractivity contribution in [2.24, 2.45) is 17.8 Å². The minimum atomic E-state index is -0.737. The molecule has 2 heteroatoms. The fraction of sp³-hybridized carbons (Fsp3) is 0.579. The highest BCUT2D eigenvalue weighted by Crippen LogP contribution is 2.47. The van der Waals surface area contributed by atoms with Crippen LogP contribution in [0.1, 0.15) is 56.9 Å². The van der Waals surface area contributed by atoms with Gasteiger partial charge in [-0.2, -0.15) is 0 Å². The van der Waals surface area contributed by atoms with E-state index in [9.17, 15) is 8.78 Å². The Morgan fingerprint density at radius 2 is 1.71 bits per heavy atom. The number of rotatable bonds is 2. The van der Waals surface area contributed by atoms with Gasteiger partial charge < -0.3 is 0 Å². The van der Waals surface area contributed by atoms with Gasteiger partial charge in [0.2, 0.25) is 0 Å². The van der Waals surface area contributed by atoms with E-state index in [-0.39, 0.29) is 0 Å². The van der Waals surface area contributed by atoms with Gasteiger partial charge in [0.05, 0.1) is 0 Å². The number of hydrogen-bond donors (Lipinski definition) is 0. The van der Waals surface area contributed by atoms with E-state index in [0.29, 0.717) is 5.92 Å². The Hall–Kier alpha value is -1.18. The van der Waals surface area contributed by atoms with Crippen molar-refractivity contribution in [3.8, 4) is 0 Å². The molecule has 0 radical (unpaired) electrons. The summed E-state index contributed by atoms with van der Waals surface area (Å²) in [6.07, 6.45) is 11.9. The summed E-state index contributed by atoms with van der Waals surface area (Å²) in [5, 5.41) is 0. The lowest BCUT2D eigenvalue weighted by Gasteiger charge is -2.41. The Balaban J connectivity index is 1.67. The quantitative estimate of drug-likeness (QED) is 0.600. The van der Waals surface area contributed by atoms with Crippen LogP contribution in [0, 0.1) is 29.4 Å². The van der Waals surface area contributed by atoms with Crippen molar-refractivity contribution < 1.29 is 8.78 Å². The lowest BCUT2D eigenvalue weighted by molar-refractivity contribution is 0.133. The normalized spacial score (nSPS) is 33.1. The Morgan fingerprint density at radius 3 is 2.48 bits per heavy atom. The lowest BCUT2D eigenvalue weighted by Crippen LogP contribution is -2.30. The van der Waals surface area contributed by atoms with Gasteiger partial charge in [-0.05, 0) is 86.8 Å². The van der Waals surface area contributed by atoms with Gasteiger partial charge in [0.15, 0.2) is 11.6 Å². The van der Waals surface area contributed by atoms with E-state index < -0.39 is 11.6 Å². The van der Waals surface area contributed by atoms with Crippen LogP contribution >= 0.6 is 0 Å². The second-order valence-electron chi connectivity index (χ2n) is 6.80.